The maximum absolute atomic E-state index is 12.7. The number of hydrogen-bond donors (Lipinski definition) is 1. The van der Waals surface area contributed by atoms with Crippen LogP contribution >= 0.6 is 22.7 Å². The van der Waals surface area contributed by atoms with E-state index in [1.54, 1.807) is 11.3 Å². The van der Waals surface area contributed by atoms with Gasteiger partial charge >= 0.3 is 0 Å². The molecular formula is C16H21N3O3S3. The van der Waals surface area contributed by atoms with Crippen molar-refractivity contribution in [3.8, 4) is 10.6 Å². The number of carbonyl (C=O) groups excluding carboxylic acids is 1. The van der Waals surface area contributed by atoms with Gasteiger partial charge < -0.3 is 5.32 Å². The van der Waals surface area contributed by atoms with Gasteiger partial charge in [-0.3, -0.25) is 4.79 Å². The molecule has 1 atom stereocenters. The molecule has 25 heavy (non-hydrogen) atoms. The average Bonchev–Trinajstić information content (AvgIpc) is 3.26. The van der Waals surface area contributed by atoms with Crippen molar-refractivity contribution in [2.45, 2.75) is 38.6 Å². The number of piperidine rings is 1. The molecule has 1 aliphatic heterocycles. The summed E-state index contributed by atoms with van der Waals surface area (Å²) in [7, 11) is -3.39. The number of nitrogens with one attached hydrogen (secondary N) is 1. The lowest BCUT2D eigenvalue weighted by atomic mass is 10.0. The molecular weight excluding hydrogens is 378 g/mol. The van der Waals surface area contributed by atoms with E-state index in [9.17, 15) is 13.2 Å². The van der Waals surface area contributed by atoms with Gasteiger partial charge in [-0.25, -0.2) is 13.4 Å². The van der Waals surface area contributed by atoms with Gasteiger partial charge in [-0.15, -0.1) is 22.7 Å². The van der Waals surface area contributed by atoms with Crippen molar-refractivity contribution in [3.63, 3.8) is 0 Å². The molecule has 1 amide bonds. The van der Waals surface area contributed by atoms with Crippen molar-refractivity contribution >= 4 is 43.7 Å². The minimum atomic E-state index is -3.39. The zero-order valence-corrected chi connectivity index (χ0v) is 16.4. The molecule has 3 heterocycles. The third kappa shape index (κ3) is 4.28. The molecule has 0 bridgehead atoms. The predicted octanol–water partition coefficient (Wildman–Crippen LogP) is 3.40. The van der Waals surface area contributed by atoms with E-state index in [1.807, 2.05) is 29.8 Å². The second-order valence-corrected chi connectivity index (χ2v) is 9.79. The summed E-state index contributed by atoms with van der Waals surface area (Å²) in [5, 5.41) is 7.19. The summed E-state index contributed by atoms with van der Waals surface area (Å²) in [5.41, 5.74) is 0.828. The van der Waals surface area contributed by atoms with Crippen molar-refractivity contribution in [2.24, 2.45) is 0 Å². The summed E-state index contributed by atoms with van der Waals surface area (Å²) in [6.45, 7) is 2.25. The van der Waals surface area contributed by atoms with E-state index in [0.717, 1.165) is 23.4 Å². The maximum Gasteiger partial charge on any atom is 0.244 e. The predicted molar refractivity (Wildman–Crippen MR) is 102 cm³/mol. The molecule has 6 nitrogen and oxygen atoms in total. The van der Waals surface area contributed by atoms with Crippen LogP contribution in [0.25, 0.3) is 10.6 Å². The molecule has 0 radical (unpaired) electrons. The van der Waals surface area contributed by atoms with Gasteiger partial charge in [0.15, 0.2) is 5.13 Å². The Hall–Kier alpha value is -1.29. The molecule has 2 aromatic heterocycles. The molecule has 1 unspecified atom stereocenters. The third-order valence-corrected chi connectivity index (χ3v) is 7.81. The smallest absolute Gasteiger partial charge is 0.244 e. The standard InChI is InChI=1S/C16H21N3O3S3/c1-2-10-25(21,22)19-8-4-3-6-13(19)15(20)18-16-17-12(11-24-16)14-7-5-9-23-14/h5,7,9,11,13H,2-4,6,8,10H2,1H3,(H,17,18,20). The van der Waals surface area contributed by atoms with E-state index >= 15 is 0 Å². The molecule has 1 saturated heterocycles. The molecule has 0 spiro atoms. The zero-order chi connectivity index (χ0) is 17.9. The van der Waals surface area contributed by atoms with Gasteiger partial charge in [0.05, 0.1) is 16.3 Å². The molecule has 1 aliphatic rings. The second-order valence-electron chi connectivity index (χ2n) is 5.94. The van der Waals surface area contributed by atoms with E-state index in [2.05, 4.69) is 10.3 Å². The Bertz CT molecular complexity index is 815. The summed E-state index contributed by atoms with van der Waals surface area (Å²) >= 11 is 2.94. The SMILES string of the molecule is CCCS(=O)(=O)N1CCCCC1C(=O)Nc1nc(-c2cccs2)cs1. The van der Waals surface area contributed by atoms with Gasteiger partial charge in [-0.05, 0) is 30.7 Å². The summed E-state index contributed by atoms with van der Waals surface area (Å²) < 4.78 is 26.3. The van der Waals surface area contributed by atoms with Crippen LogP contribution in [0, 0.1) is 0 Å². The fraction of sp³-hybridized carbons (Fsp3) is 0.500. The Balaban J connectivity index is 1.73. The number of aromatic nitrogens is 1. The molecule has 3 rings (SSSR count). The second kappa shape index (κ2) is 7.94. The summed E-state index contributed by atoms with van der Waals surface area (Å²) in [6.07, 6.45) is 2.75. The number of anilines is 1. The number of thiophene rings is 1. The summed E-state index contributed by atoms with van der Waals surface area (Å²) in [4.78, 5) is 18.2. The minimum absolute atomic E-state index is 0.0799. The molecule has 0 aromatic carbocycles. The van der Waals surface area contributed by atoms with E-state index in [4.69, 9.17) is 0 Å². The van der Waals surface area contributed by atoms with Crippen molar-refractivity contribution in [1.82, 2.24) is 9.29 Å². The van der Waals surface area contributed by atoms with Gasteiger partial charge in [-0.2, -0.15) is 4.31 Å². The first-order valence-electron chi connectivity index (χ1n) is 8.31. The lowest BCUT2D eigenvalue weighted by molar-refractivity contribution is -0.120. The highest BCUT2D eigenvalue weighted by atomic mass is 32.2. The Kier molecular flexibility index (Phi) is 5.88. The lowest BCUT2D eigenvalue weighted by Gasteiger charge is -2.33. The number of hydrogen-bond acceptors (Lipinski definition) is 6. The minimum Gasteiger partial charge on any atom is -0.301 e. The molecule has 136 valence electrons. The zero-order valence-electron chi connectivity index (χ0n) is 14.0. The highest BCUT2D eigenvalue weighted by Gasteiger charge is 2.36. The number of rotatable bonds is 6. The highest BCUT2D eigenvalue weighted by Crippen LogP contribution is 2.29. The van der Waals surface area contributed by atoms with E-state index in [1.165, 1.54) is 15.6 Å². The van der Waals surface area contributed by atoms with Crippen LogP contribution in [0.2, 0.25) is 0 Å². The first-order chi connectivity index (χ1) is 12.0. The Morgan fingerprint density at radius 1 is 1.40 bits per heavy atom. The molecule has 2 aromatic rings. The maximum atomic E-state index is 12.7. The van der Waals surface area contributed by atoms with Crippen LogP contribution in [0.1, 0.15) is 32.6 Å². The number of carbonyl (C=O) groups is 1. The molecule has 0 aliphatic carbocycles. The van der Waals surface area contributed by atoms with Gasteiger partial charge in [0.25, 0.3) is 0 Å². The molecule has 1 N–H and O–H groups in total. The fourth-order valence-electron chi connectivity index (χ4n) is 2.93. The largest absolute Gasteiger partial charge is 0.301 e. The van der Waals surface area contributed by atoms with Gasteiger partial charge in [0.1, 0.15) is 6.04 Å². The summed E-state index contributed by atoms with van der Waals surface area (Å²) in [5.74, 6) is -0.206. The normalized spacial score (nSPS) is 19.0. The molecule has 1 fully saturated rings. The van der Waals surface area contributed by atoms with Crippen LogP contribution in [0.5, 0.6) is 0 Å². The van der Waals surface area contributed by atoms with E-state index < -0.39 is 16.1 Å². The molecule has 9 heteroatoms. The van der Waals surface area contributed by atoms with Crippen molar-refractivity contribution in [3.05, 3.63) is 22.9 Å². The van der Waals surface area contributed by atoms with Crippen LogP contribution in [0.4, 0.5) is 5.13 Å². The van der Waals surface area contributed by atoms with Gasteiger partial charge in [0, 0.05) is 11.9 Å². The first kappa shape index (κ1) is 18.5. The van der Waals surface area contributed by atoms with Crippen LogP contribution in [-0.2, 0) is 14.8 Å². The average molecular weight is 400 g/mol. The Labute approximate surface area is 155 Å². The monoisotopic (exact) mass is 399 g/mol. The lowest BCUT2D eigenvalue weighted by Crippen LogP contribution is -2.50. The van der Waals surface area contributed by atoms with Crippen molar-refractivity contribution in [2.75, 3.05) is 17.6 Å². The number of amides is 1. The first-order valence-corrected chi connectivity index (χ1v) is 11.7. The number of nitrogens with zero attached hydrogens (tertiary/aromatic N) is 2. The quantitative estimate of drug-likeness (QED) is 0.807. The van der Waals surface area contributed by atoms with Gasteiger partial charge in [-0.1, -0.05) is 19.4 Å². The third-order valence-electron chi connectivity index (χ3n) is 4.08. The van der Waals surface area contributed by atoms with Crippen LogP contribution < -0.4 is 5.32 Å². The van der Waals surface area contributed by atoms with Crippen LogP contribution in [0.15, 0.2) is 22.9 Å². The highest BCUT2D eigenvalue weighted by molar-refractivity contribution is 7.89. The van der Waals surface area contributed by atoms with E-state index in [0.29, 0.717) is 24.5 Å². The number of thiazole rings is 1. The van der Waals surface area contributed by atoms with Crippen molar-refractivity contribution in [1.29, 1.82) is 0 Å². The van der Waals surface area contributed by atoms with E-state index in [-0.39, 0.29) is 11.7 Å². The Morgan fingerprint density at radius 3 is 2.96 bits per heavy atom. The number of sulfonamides is 1. The topological polar surface area (TPSA) is 79.4 Å². The Morgan fingerprint density at radius 2 is 2.24 bits per heavy atom. The van der Waals surface area contributed by atoms with Crippen LogP contribution in [-0.4, -0.2) is 42.0 Å². The molecule has 0 saturated carbocycles. The van der Waals surface area contributed by atoms with Crippen molar-refractivity contribution < 1.29 is 13.2 Å². The fourth-order valence-corrected chi connectivity index (χ4v) is 6.15. The van der Waals surface area contributed by atoms with Crippen LogP contribution in [0.3, 0.4) is 0 Å². The summed E-state index contributed by atoms with van der Waals surface area (Å²) in [6, 6.07) is 3.29. The van der Waals surface area contributed by atoms with Gasteiger partial charge in [0.2, 0.25) is 15.9 Å².